The second kappa shape index (κ2) is 5.96. The highest BCUT2D eigenvalue weighted by atomic mass is 15.2. The van der Waals surface area contributed by atoms with Crippen molar-refractivity contribution in [1.82, 2.24) is 5.32 Å². The van der Waals surface area contributed by atoms with Gasteiger partial charge in [0.1, 0.15) is 0 Å². The lowest BCUT2D eigenvalue weighted by atomic mass is 9.96. The Kier molecular flexibility index (Phi) is 4.51. The second-order valence-electron chi connectivity index (χ2n) is 6.26. The van der Waals surface area contributed by atoms with Gasteiger partial charge in [0.25, 0.3) is 0 Å². The van der Waals surface area contributed by atoms with Crippen molar-refractivity contribution in [2.24, 2.45) is 5.92 Å². The Hall–Kier alpha value is -1.02. The third-order valence-corrected chi connectivity index (χ3v) is 4.39. The van der Waals surface area contributed by atoms with Gasteiger partial charge < -0.3 is 10.2 Å². The van der Waals surface area contributed by atoms with E-state index in [1.165, 1.54) is 23.2 Å². The standard InChI is InChI=1S/C17H28N2/c1-6-15-10-18-16(12(2)3)11-19(15)17-8-7-13(4)9-14(17)5/h7-9,12,15-16,18H,6,10-11H2,1-5H3. The van der Waals surface area contributed by atoms with E-state index in [0.717, 1.165) is 13.1 Å². The Morgan fingerprint density at radius 2 is 2.05 bits per heavy atom. The van der Waals surface area contributed by atoms with Crippen LogP contribution in [0.1, 0.15) is 38.3 Å². The zero-order chi connectivity index (χ0) is 14.0. The Bertz CT molecular complexity index is 425. The molecule has 1 aliphatic heterocycles. The van der Waals surface area contributed by atoms with E-state index in [2.05, 4.69) is 63.0 Å². The van der Waals surface area contributed by atoms with Crippen LogP contribution in [-0.4, -0.2) is 25.2 Å². The fraction of sp³-hybridized carbons (Fsp3) is 0.647. The minimum Gasteiger partial charge on any atom is -0.365 e. The Morgan fingerprint density at radius 1 is 1.32 bits per heavy atom. The molecule has 1 aromatic carbocycles. The molecule has 2 rings (SSSR count). The van der Waals surface area contributed by atoms with Gasteiger partial charge in [0.15, 0.2) is 0 Å². The summed E-state index contributed by atoms with van der Waals surface area (Å²) in [6.07, 6.45) is 1.20. The van der Waals surface area contributed by atoms with Gasteiger partial charge in [-0.3, -0.25) is 0 Å². The van der Waals surface area contributed by atoms with Gasteiger partial charge in [-0.1, -0.05) is 38.5 Å². The largest absolute Gasteiger partial charge is 0.365 e. The molecule has 0 radical (unpaired) electrons. The van der Waals surface area contributed by atoms with Gasteiger partial charge in [0, 0.05) is 30.9 Å². The summed E-state index contributed by atoms with van der Waals surface area (Å²) < 4.78 is 0. The van der Waals surface area contributed by atoms with Crippen LogP contribution >= 0.6 is 0 Å². The molecule has 0 bridgehead atoms. The molecule has 19 heavy (non-hydrogen) atoms. The number of hydrogen-bond donors (Lipinski definition) is 1. The Balaban J connectivity index is 2.27. The number of rotatable bonds is 3. The molecule has 0 aromatic heterocycles. The van der Waals surface area contributed by atoms with E-state index < -0.39 is 0 Å². The lowest BCUT2D eigenvalue weighted by Gasteiger charge is -2.43. The number of piperazine rings is 1. The van der Waals surface area contributed by atoms with Crippen LogP contribution in [0.2, 0.25) is 0 Å². The molecule has 1 saturated heterocycles. The number of nitrogens with one attached hydrogen (secondary N) is 1. The van der Waals surface area contributed by atoms with Crippen LogP contribution < -0.4 is 10.2 Å². The first-order valence-electron chi connectivity index (χ1n) is 7.60. The number of anilines is 1. The van der Waals surface area contributed by atoms with Crippen molar-refractivity contribution in [3.05, 3.63) is 29.3 Å². The first kappa shape index (κ1) is 14.4. The molecule has 1 fully saturated rings. The topological polar surface area (TPSA) is 15.3 Å². The maximum Gasteiger partial charge on any atom is 0.0412 e. The summed E-state index contributed by atoms with van der Waals surface area (Å²) in [6.45, 7) is 13.5. The monoisotopic (exact) mass is 260 g/mol. The molecule has 2 nitrogen and oxygen atoms in total. The first-order chi connectivity index (χ1) is 9.02. The lowest BCUT2D eigenvalue weighted by molar-refractivity contribution is 0.325. The van der Waals surface area contributed by atoms with Gasteiger partial charge >= 0.3 is 0 Å². The molecule has 1 heterocycles. The zero-order valence-electron chi connectivity index (χ0n) is 13.0. The van der Waals surface area contributed by atoms with Crippen LogP contribution in [-0.2, 0) is 0 Å². The van der Waals surface area contributed by atoms with Crippen LogP contribution in [0, 0.1) is 19.8 Å². The van der Waals surface area contributed by atoms with Crippen molar-refractivity contribution in [2.45, 2.75) is 53.1 Å². The molecular formula is C17H28N2. The Labute approximate surface area is 118 Å². The van der Waals surface area contributed by atoms with Crippen LogP contribution in [0.4, 0.5) is 5.69 Å². The average Bonchev–Trinajstić information content (AvgIpc) is 2.38. The smallest absolute Gasteiger partial charge is 0.0412 e. The molecule has 2 heteroatoms. The normalized spacial score (nSPS) is 24.0. The van der Waals surface area contributed by atoms with E-state index >= 15 is 0 Å². The van der Waals surface area contributed by atoms with Gasteiger partial charge in [-0.2, -0.15) is 0 Å². The van der Waals surface area contributed by atoms with Crippen molar-refractivity contribution in [3.8, 4) is 0 Å². The van der Waals surface area contributed by atoms with Crippen LogP contribution in [0.5, 0.6) is 0 Å². The van der Waals surface area contributed by atoms with Gasteiger partial charge in [-0.15, -0.1) is 0 Å². The highest BCUT2D eigenvalue weighted by Gasteiger charge is 2.29. The summed E-state index contributed by atoms with van der Waals surface area (Å²) in [6, 6.07) is 8.06. The van der Waals surface area contributed by atoms with E-state index in [-0.39, 0.29) is 0 Å². The van der Waals surface area contributed by atoms with Crippen molar-refractivity contribution in [1.29, 1.82) is 0 Å². The predicted octanol–water partition coefficient (Wildman–Crippen LogP) is 3.52. The van der Waals surface area contributed by atoms with Crippen LogP contribution in [0.25, 0.3) is 0 Å². The van der Waals surface area contributed by atoms with Gasteiger partial charge in [-0.05, 0) is 37.8 Å². The molecule has 0 aliphatic carbocycles. The Morgan fingerprint density at radius 3 is 2.63 bits per heavy atom. The number of hydrogen-bond acceptors (Lipinski definition) is 2. The second-order valence-corrected chi connectivity index (χ2v) is 6.26. The molecule has 0 spiro atoms. The van der Waals surface area contributed by atoms with E-state index in [4.69, 9.17) is 0 Å². The maximum atomic E-state index is 3.71. The molecule has 1 N–H and O–H groups in total. The zero-order valence-corrected chi connectivity index (χ0v) is 13.0. The minimum absolute atomic E-state index is 0.600. The lowest BCUT2D eigenvalue weighted by Crippen LogP contribution is -2.58. The summed E-state index contributed by atoms with van der Waals surface area (Å²) in [5.41, 5.74) is 4.18. The van der Waals surface area contributed by atoms with E-state index in [9.17, 15) is 0 Å². The van der Waals surface area contributed by atoms with Gasteiger partial charge in [0.05, 0.1) is 0 Å². The third kappa shape index (κ3) is 3.11. The number of nitrogens with zero attached hydrogens (tertiary/aromatic N) is 1. The fourth-order valence-corrected chi connectivity index (χ4v) is 3.06. The molecule has 0 amide bonds. The van der Waals surface area contributed by atoms with E-state index in [1.54, 1.807) is 0 Å². The van der Waals surface area contributed by atoms with Gasteiger partial charge in [-0.25, -0.2) is 0 Å². The average molecular weight is 260 g/mol. The van der Waals surface area contributed by atoms with Gasteiger partial charge in [0.2, 0.25) is 0 Å². The van der Waals surface area contributed by atoms with Crippen molar-refractivity contribution < 1.29 is 0 Å². The third-order valence-electron chi connectivity index (χ3n) is 4.39. The quantitative estimate of drug-likeness (QED) is 0.894. The highest BCUT2D eigenvalue weighted by Crippen LogP contribution is 2.27. The summed E-state index contributed by atoms with van der Waals surface area (Å²) in [5, 5.41) is 3.71. The summed E-state index contributed by atoms with van der Waals surface area (Å²) in [4.78, 5) is 2.62. The fourth-order valence-electron chi connectivity index (χ4n) is 3.06. The molecule has 1 aromatic rings. The van der Waals surface area contributed by atoms with Crippen LogP contribution in [0.3, 0.4) is 0 Å². The molecule has 2 unspecified atom stereocenters. The summed E-state index contributed by atoms with van der Waals surface area (Å²) in [5.74, 6) is 0.686. The van der Waals surface area contributed by atoms with Crippen molar-refractivity contribution in [2.75, 3.05) is 18.0 Å². The molecule has 106 valence electrons. The predicted molar refractivity (Wildman–Crippen MR) is 84.0 cm³/mol. The minimum atomic E-state index is 0.600. The van der Waals surface area contributed by atoms with E-state index in [0.29, 0.717) is 18.0 Å². The first-order valence-corrected chi connectivity index (χ1v) is 7.60. The molecule has 0 saturated carbocycles. The van der Waals surface area contributed by atoms with Crippen molar-refractivity contribution in [3.63, 3.8) is 0 Å². The van der Waals surface area contributed by atoms with E-state index in [1.807, 2.05) is 0 Å². The maximum absolute atomic E-state index is 3.71. The summed E-state index contributed by atoms with van der Waals surface area (Å²) in [7, 11) is 0. The van der Waals surface area contributed by atoms with Crippen molar-refractivity contribution >= 4 is 5.69 Å². The highest BCUT2D eigenvalue weighted by molar-refractivity contribution is 5.55. The SMILES string of the molecule is CCC1CNC(C(C)C)CN1c1ccc(C)cc1C. The van der Waals surface area contributed by atoms with Crippen LogP contribution in [0.15, 0.2) is 18.2 Å². The number of aryl methyl sites for hydroxylation is 2. The number of benzene rings is 1. The molecule has 2 atom stereocenters. The summed E-state index contributed by atoms with van der Waals surface area (Å²) >= 11 is 0. The molecule has 1 aliphatic rings. The molecular weight excluding hydrogens is 232 g/mol.